The number of carbonyl (C=O) groups excluding carboxylic acids is 2. The minimum absolute atomic E-state index is 0.0382. The Morgan fingerprint density at radius 3 is 2.81 bits per heavy atom. The number of benzene rings is 1. The normalized spacial score (nSPS) is 17.8. The molecule has 1 saturated heterocycles. The molecule has 0 radical (unpaired) electrons. The van der Waals surface area contributed by atoms with Gasteiger partial charge in [0.15, 0.2) is 0 Å². The molecule has 1 aromatic rings. The number of nitrogens with zero attached hydrogens (tertiary/aromatic N) is 1. The Morgan fingerprint density at radius 1 is 1.33 bits per heavy atom. The SMILES string of the molecule is CNCCc1ccccc1C(=O)N1CCC(NC(C)=O)C1. The van der Waals surface area contributed by atoms with Gasteiger partial charge in [0, 0.05) is 31.6 Å². The molecule has 0 aliphatic carbocycles. The smallest absolute Gasteiger partial charge is 0.254 e. The Labute approximate surface area is 125 Å². The van der Waals surface area contributed by atoms with Gasteiger partial charge < -0.3 is 15.5 Å². The first-order valence-electron chi connectivity index (χ1n) is 7.40. The van der Waals surface area contributed by atoms with Crippen molar-refractivity contribution in [1.82, 2.24) is 15.5 Å². The molecule has 21 heavy (non-hydrogen) atoms. The summed E-state index contributed by atoms with van der Waals surface area (Å²) >= 11 is 0. The van der Waals surface area contributed by atoms with Gasteiger partial charge in [-0.05, 0) is 38.1 Å². The molecule has 0 bridgehead atoms. The van der Waals surface area contributed by atoms with Crippen molar-refractivity contribution < 1.29 is 9.59 Å². The fourth-order valence-electron chi connectivity index (χ4n) is 2.73. The lowest BCUT2D eigenvalue weighted by molar-refractivity contribution is -0.119. The predicted octanol–water partition coefficient (Wildman–Crippen LogP) is 0.799. The number of carbonyl (C=O) groups is 2. The molecule has 1 fully saturated rings. The third-order valence-electron chi connectivity index (χ3n) is 3.77. The van der Waals surface area contributed by atoms with Crippen LogP contribution in [0.2, 0.25) is 0 Å². The zero-order valence-corrected chi connectivity index (χ0v) is 12.7. The summed E-state index contributed by atoms with van der Waals surface area (Å²) in [4.78, 5) is 25.6. The Bertz CT molecular complexity index is 516. The van der Waals surface area contributed by atoms with E-state index in [4.69, 9.17) is 0 Å². The second-order valence-electron chi connectivity index (χ2n) is 5.45. The van der Waals surface area contributed by atoms with Gasteiger partial charge in [-0.1, -0.05) is 18.2 Å². The van der Waals surface area contributed by atoms with Crippen LogP contribution >= 0.6 is 0 Å². The van der Waals surface area contributed by atoms with E-state index >= 15 is 0 Å². The van der Waals surface area contributed by atoms with Gasteiger partial charge >= 0.3 is 0 Å². The molecule has 2 rings (SSSR count). The molecule has 2 amide bonds. The molecule has 1 heterocycles. The van der Waals surface area contributed by atoms with Gasteiger partial charge in [0.25, 0.3) is 5.91 Å². The maximum Gasteiger partial charge on any atom is 0.254 e. The van der Waals surface area contributed by atoms with Crippen LogP contribution in [0.5, 0.6) is 0 Å². The topological polar surface area (TPSA) is 61.4 Å². The van der Waals surface area contributed by atoms with E-state index in [1.807, 2.05) is 36.2 Å². The van der Waals surface area contributed by atoms with Gasteiger partial charge in [-0.3, -0.25) is 9.59 Å². The first kappa shape index (κ1) is 15.5. The Morgan fingerprint density at radius 2 is 2.10 bits per heavy atom. The fourth-order valence-corrected chi connectivity index (χ4v) is 2.73. The van der Waals surface area contributed by atoms with Crippen molar-refractivity contribution in [2.45, 2.75) is 25.8 Å². The summed E-state index contributed by atoms with van der Waals surface area (Å²) in [6.45, 7) is 3.65. The van der Waals surface area contributed by atoms with Gasteiger partial charge in [0.05, 0.1) is 0 Å². The number of hydrogen-bond donors (Lipinski definition) is 2. The van der Waals surface area contributed by atoms with E-state index in [1.54, 1.807) is 0 Å². The van der Waals surface area contributed by atoms with Crippen LogP contribution < -0.4 is 10.6 Å². The third kappa shape index (κ3) is 4.04. The molecule has 5 heteroatoms. The molecule has 0 spiro atoms. The van der Waals surface area contributed by atoms with Crippen LogP contribution in [0.25, 0.3) is 0 Å². The number of likely N-dealkylation sites (N-methyl/N-ethyl adjacent to an activating group) is 1. The highest BCUT2D eigenvalue weighted by Gasteiger charge is 2.28. The summed E-state index contributed by atoms with van der Waals surface area (Å²) in [6.07, 6.45) is 1.66. The van der Waals surface area contributed by atoms with Gasteiger partial charge in [-0.15, -0.1) is 0 Å². The summed E-state index contributed by atoms with van der Waals surface area (Å²) in [6, 6.07) is 7.84. The number of hydrogen-bond acceptors (Lipinski definition) is 3. The van der Waals surface area contributed by atoms with Crippen molar-refractivity contribution >= 4 is 11.8 Å². The lowest BCUT2D eigenvalue weighted by Crippen LogP contribution is -2.37. The van der Waals surface area contributed by atoms with Crippen LogP contribution in [0.3, 0.4) is 0 Å². The van der Waals surface area contributed by atoms with E-state index in [1.165, 1.54) is 6.92 Å². The fraction of sp³-hybridized carbons (Fsp3) is 0.500. The van der Waals surface area contributed by atoms with Gasteiger partial charge in [0.2, 0.25) is 5.91 Å². The lowest BCUT2D eigenvalue weighted by Gasteiger charge is -2.19. The largest absolute Gasteiger partial charge is 0.352 e. The number of nitrogens with one attached hydrogen (secondary N) is 2. The standard InChI is InChI=1S/C16H23N3O2/c1-12(20)18-14-8-10-19(11-14)16(21)15-6-4-3-5-13(15)7-9-17-2/h3-6,14,17H,7-11H2,1-2H3,(H,18,20). The molecular formula is C16H23N3O2. The number of likely N-dealkylation sites (tertiary alicyclic amines) is 1. The quantitative estimate of drug-likeness (QED) is 0.843. The molecule has 1 unspecified atom stereocenters. The van der Waals surface area contributed by atoms with Crippen LogP contribution in [0.15, 0.2) is 24.3 Å². The molecule has 1 aliphatic rings. The summed E-state index contributed by atoms with van der Waals surface area (Å²) in [5, 5.41) is 5.99. The maximum absolute atomic E-state index is 12.7. The van der Waals surface area contributed by atoms with Gasteiger partial charge in [0.1, 0.15) is 0 Å². The Kier molecular flexibility index (Phi) is 5.33. The number of rotatable bonds is 5. The Balaban J connectivity index is 2.05. The van der Waals surface area contributed by atoms with E-state index in [0.29, 0.717) is 13.1 Å². The average Bonchev–Trinajstić information content (AvgIpc) is 2.92. The first-order chi connectivity index (χ1) is 10.1. The van der Waals surface area contributed by atoms with Gasteiger partial charge in [-0.25, -0.2) is 0 Å². The Hall–Kier alpha value is -1.88. The van der Waals surface area contributed by atoms with Crippen molar-refractivity contribution in [3.8, 4) is 0 Å². The van der Waals surface area contributed by atoms with Crippen LogP contribution in [-0.2, 0) is 11.2 Å². The van der Waals surface area contributed by atoms with Crippen molar-refractivity contribution in [3.05, 3.63) is 35.4 Å². The highest BCUT2D eigenvalue weighted by atomic mass is 16.2. The second kappa shape index (κ2) is 7.22. The highest BCUT2D eigenvalue weighted by Crippen LogP contribution is 2.17. The zero-order valence-electron chi connectivity index (χ0n) is 12.7. The zero-order chi connectivity index (χ0) is 15.2. The second-order valence-corrected chi connectivity index (χ2v) is 5.45. The summed E-state index contributed by atoms with van der Waals surface area (Å²) in [5.74, 6) is 0.0262. The minimum atomic E-state index is -0.0382. The minimum Gasteiger partial charge on any atom is -0.352 e. The summed E-state index contributed by atoms with van der Waals surface area (Å²) in [5.41, 5.74) is 1.84. The van der Waals surface area contributed by atoms with Crippen LogP contribution in [0.4, 0.5) is 0 Å². The molecule has 1 atom stereocenters. The van der Waals surface area contributed by atoms with Crippen LogP contribution in [0.1, 0.15) is 29.3 Å². The van der Waals surface area contributed by atoms with Crippen LogP contribution in [-0.4, -0.2) is 49.4 Å². The van der Waals surface area contributed by atoms with Crippen molar-refractivity contribution in [3.63, 3.8) is 0 Å². The van der Waals surface area contributed by atoms with E-state index in [0.717, 1.165) is 30.5 Å². The molecule has 0 aromatic heterocycles. The molecule has 2 N–H and O–H groups in total. The third-order valence-corrected chi connectivity index (χ3v) is 3.77. The molecule has 1 aliphatic heterocycles. The number of amides is 2. The highest BCUT2D eigenvalue weighted by molar-refractivity contribution is 5.96. The first-order valence-corrected chi connectivity index (χ1v) is 7.40. The van der Waals surface area contributed by atoms with E-state index in [-0.39, 0.29) is 17.9 Å². The summed E-state index contributed by atoms with van der Waals surface area (Å²) < 4.78 is 0. The molecule has 114 valence electrons. The van der Waals surface area contributed by atoms with E-state index < -0.39 is 0 Å². The van der Waals surface area contributed by atoms with Crippen molar-refractivity contribution in [2.24, 2.45) is 0 Å². The van der Waals surface area contributed by atoms with Crippen molar-refractivity contribution in [2.75, 3.05) is 26.7 Å². The molecule has 0 saturated carbocycles. The molecule has 1 aromatic carbocycles. The van der Waals surface area contributed by atoms with E-state index in [9.17, 15) is 9.59 Å². The van der Waals surface area contributed by atoms with Crippen LogP contribution in [0, 0.1) is 0 Å². The van der Waals surface area contributed by atoms with Gasteiger partial charge in [-0.2, -0.15) is 0 Å². The molecular weight excluding hydrogens is 266 g/mol. The lowest BCUT2D eigenvalue weighted by atomic mass is 10.0. The molecule has 5 nitrogen and oxygen atoms in total. The van der Waals surface area contributed by atoms with E-state index in [2.05, 4.69) is 10.6 Å². The monoisotopic (exact) mass is 289 g/mol. The van der Waals surface area contributed by atoms with Crippen molar-refractivity contribution in [1.29, 1.82) is 0 Å². The predicted molar refractivity (Wildman–Crippen MR) is 82.2 cm³/mol. The maximum atomic E-state index is 12.7. The summed E-state index contributed by atoms with van der Waals surface area (Å²) in [7, 11) is 1.91. The average molecular weight is 289 g/mol.